The van der Waals surface area contributed by atoms with E-state index in [2.05, 4.69) is 10.6 Å². The molecule has 2 atom stereocenters. The number of amides is 1. The standard InChI is InChI=1S/C18H29N3O3S.ClH/c1-4-21(5-2)25(23,24)17-10-8-15(9-11-17)14(3)20-18(22)16-7-6-12-19-13-16;/h8-11,14,16,19H,4-7,12-13H2,1-3H3,(H,20,22);1H. The van der Waals surface area contributed by atoms with Crippen LogP contribution in [-0.2, 0) is 14.8 Å². The summed E-state index contributed by atoms with van der Waals surface area (Å²) in [6.45, 7) is 8.16. The molecular weight excluding hydrogens is 374 g/mol. The number of sulfonamides is 1. The molecule has 26 heavy (non-hydrogen) atoms. The maximum Gasteiger partial charge on any atom is 0.243 e. The predicted octanol–water partition coefficient (Wildman–Crippen LogP) is 2.32. The van der Waals surface area contributed by atoms with Crippen LogP contribution in [0.25, 0.3) is 0 Å². The van der Waals surface area contributed by atoms with Gasteiger partial charge in [0, 0.05) is 19.6 Å². The molecule has 0 aliphatic carbocycles. The highest BCUT2D eigenvalue weighted by Crippen LogP contribution is 2.20. The fraction of sp³-hybridized carbons (Fsp3) is 0.611. The van der Waals surface area contributed by atoms with Gasteiger partial charge in [0.1, 0.15) is 0 Å². The molecule has 1 aliphatic rings. The Bertz CT molecular complexity index is 669. The van der Waals surface area contributed by atoms with Gasteiger partial charge in [0.2, 0.25) is 15.9 Å². The SMILES string of the molecule is CCN(CC)S(=O)(=O)c1ccc(C(C)NC(=O)C2CCCNC2)cc1.Cl. The van der Waals surface area contributed by atoms with E-state index in [-0.39, 0.29) is 35.2 Å². The zero-order chi connectivity index (χ0) is 18.4. The number of benzene rings is 1. The number of piperidine rings is 1. The molecule has 1 aromatic carbocycles. The molecule has 1 amide bonds. The molecule has 0 bridgehead atoms. The second-order valence-corrected chi connectivity index (χ2v) is 8.37. The van der Waals surface area contributed by atoms with Crippen LogP contribution in [0.3, 0.4) is 0 Å². The summed E-state index contributed by atoms with van der Waals surface area (Å²) in [6.07, 6.45) is 1.93. The molecule has 1 heterocycles. The average molecular weight is 404 g/mol. The first-order chi connectivity index (χ1) is 11.9. The molecule has 1 aromatic rings. The summed E-state index contributed by atoms with van der Waals surface area (Å²) >= 11 is 0. The predicted molar refractivity (Wildman–Crippen MR) is 106 cm³/mol. The third-order valence-corrected chi connectivity index (χ3v) is 6.81. The van der Waals surface area contributed by atoms with Gasteiger partial charge in [-0.3, -0.25) is 4.79 Å². The van der Waals surface area contributed by atoms with Crippen molar-refractivity contribution in [3.05, 3.63) is 29.8 Å². The number of nitrogens with one attached hydrogen (secondary N) is 2. The van der Waals surface area contributed by atoms with Crippen molar-refractivity contribution in [2.75, 3.05) is 26.2 Å². The number of hydrogen-bond acceptors (Lipinski definition) is 4. The van der Waals surface area contributed by atoms with Crippen molar-refractivity contribution in [1.82, 2.24) is 14.9 Å². The van der Waals surface area contributed by atoms with Crippen LogP contribution < -0.4 is 10.6 Å². The highest BCUT2D eigenvalue weighted by atomic mass is 35.5. The van der Waals surface area contributed by atoms with Crippen LogP contribution in [0.5, 0.6) is 0 Å². The van der Waals surface area contributed by atoms with Crippen molar-refractivity contribution in [1.29, 1.82) is 0 Å². The van der Waals surface area contributed by atoms with Crippen molar-refractivity contribution in [3.8, 4) is 0 Å². The lowest BCUT2D eigenvalue weighted by Gasteiger charge is -2.24. The molecule has 0 saturated carbocycles. The summed E-state index contributed by atoms with van der Waals surface area (Å²) in [5.41, 5.74) is 0.899. The summed E-state index contributed by atoms with van der Waals surface area (Å²) in [6, 6.07) is 6.64. The first kappa shape index (κ1) is 22.9. The van der Waals surface area contributed by atoms with Crippen LogP contribution in [0.4, 0.5) is 0 Å². The van der Waals surface area contributed by atoms with Crippen LogP contribution in [-0.4, -0.2) is 44.8 Å². The second kappa shape index (κ2) is 10.3. The number of carbonyl (C=O) groups excluding carboxylic acids is 1. The molecule has 0 spiro atoms. The Labute approximate surface area is 163 Å². The van der Waals surface area contributed by atoms with Crippen molar-refractivity contribution < 1.29 is 13.2 Å². The number of nitrogens with zero attached hydrogens (tertiary/aromatic N) is 1. The topological polar surface area (TPSA) is 78.5 Å². The Morgan fingerprint density at radius 3 is 2.38 bits per heavy atom. The molecule has 2 unspecified atom stereocenters. The highest BCUT2D eigenvalue weighted by Gasteiger charge is 2.24. The molecule has 1 aliphatic heterocycles. The molecule has 0 aromatic heterocycles. The Morgan fingerprint density at radius 2 is 1.88 bits per heavy atom. The smallest absolute Gasteiger partial charge is 0.243 e. The monoisotopic (exact) mass is 403 g/mol. The van der Waals surface area contributed by atoms with E-state index in [9.17, 15) is 13.2 Å². The van der Waals surface area contributed by atoms with Crippen LogP contribution in [0.1, 0.15) is 45.2 Å². The van der Waals surface area contributed by atoms with E-state index in [1.165, 1.54) is 4.31 Å². The largest absolute Gasteiger partial charge is 0.349 e. The third kappa shape index (κ3) is 5.42. The molecule has 2 N–H and O–H groups in total. The average Bonchev–Trinajstić information content (AvgIpc) is 2.63. The van der Waals surface area contributed by atoms with Gasteiger partial charge in [0.15, 0.2) is 0 Å². The Hall–Kier alpha value is -1.15. The highest BCUT2D eigenvalue weighted by molar-refractivity contribution is 7.89. The van der Waals surface area contributed by atoms with Gasteiger partial charge in [-0.05, 0) is 44.0 Å². The van der Waals surface area contributed by atoms with Gasteiger partial charge in [0.05, 0.1) is 16.9 Å². The van der Waals surface area contributed by atoms with Gasteiger partial charge in [-0.1, -0.05) is 26.0 Å². The molecular formula is C18H30ClN3O3S. The first-order valence-corrected chi connectivity index (χ1v) is 10.4. The minimum Gasteiger partial charge on any atom is -0.349 e. The van der Waals surface area contributed by atoms with Crippen LogP contribution in [0, 0.1) is 5.92 Å². The first-order valence-electron chi connectivity index (χ1n) is 9.01. The van der Waals surface area contributed by atoms with E-state index in [4.69, 9.17) is 0 Å². The van der Waals surface area contributed by atoms with Crippen molar-refractivity contribution in [3.63, 3.8) is 0 Å². The normalized spacial score (nSPS) is 18.8. The summed E-state index contributed by atoms with van der Waals surface area (Å²) in [7, 11) is -3.45. The van der Waals surface area contributed by atoms with Crippen LogP contribution in [0.2, 0.25) is 0 Å². The van der Waals surface area contributed by atoms with E-state index in [1.807, 2.05) is 20.8 Å². The maximum atomic E-state index is 12.5. The Kier molecular flexibility index (Phi) is 9.03. The quantitative estimate of drug-likeness (QED) is 0.732. The molecule has 0 radical (unpaired) electrons. The van der Waals surface area contributed by atoms with Gasteiger partial charge < -0.3 is 10.6 Å². The lowest BCUT2D eigenvalue weighted by molar-refractivity contribution is -0.126. The van der Waals surface area contributed by atoms with E-state index < -0.39 is 10.0 Å². The van der Waals surface area contributed by atoms with Gasteiger partial charge >= 0.3 is 0 Å². The summed E-state index contributed by atoms with van der Waals surface area (Å²) in [5.74, 6) is 0.0676. The Morgan fingerprint density at radius 1 is 1.27 bits per heavy atom. The molecule has 6 nitrogen and oxygen atoms in total. The van der Waals surface area contributed by atoms with E-state index >= 15 is 0 Å². The molecule has 1 saturated heterocycles. The Balaban J connectivity index is 0.00000338. The maximum absolute atomic E-state index is 12.5. The van der Waals surface area contributed by atoms with E-state index in [0.717, 1.165) is 31.5 Å². The van der Waals surface area contributed by atoms with Crippen molar-refractivity contribution in [2.45, 2.75) is 44.6 Å². The third-order valence-electron chi connectivity index (χ3n) is 4.75. The lowest BCUT2D eigenvalue weighted by Crippen LogP contribution is -2.41. The van der Waals surface area contributed by atoms with Gasteiger partial charge in [0.25, 0.3) is 0 Å². The van der Waals surface area contributed by atoms with Gasteiger partial charge in [-0.25, -0.2) is 8.42 Å². The number of carbonyl (C=O) groups is 1. The number of hydrogen-bond donors (Lipinski definition) is 2. The van der Waals surface area contributed by atoms with Crippen LogP contribution >= 0.6 is 12.4 Å². The van der Waals surface area contributed by atoms with Gasteiger partial charge in [-0.15, -0.1) is 12.4 Å². The summed E-state index contributed by atoms with van der Waals surface area (Å²) in [4.78, 5) is 12.6. The van der Waals surface area contributed by atoms with Crippen molar-refractivity contribution in [2.24, 2.45) is 5.92 Å². The second-order valence-electron chi connectivity index (χ2n) is 6.43. The number of rotatable bonds is 7. The molecule has 2 rings (SSSR count). The fourth-order valence-electron chi connectivity index (χ4n) is 3.13. The summed E-state index contributed by atoms with van der Waals surface area (Å²) in [5, 5.41) is 6.27. The van der Waals surface area contributed by atoms with Crippen molar-refractivity contribution >= 4 is 28.3 Å². The molecule has 148 valence electrons. The van der Waals surface area contributed by atoms with Crippen LogP contribution in [0.15, 0.2) is 29.2 Å². The fourth-order valence-corrected chi connectivity index (χ4v) is 4.59. The lowest BCUT2D eigenvalue weighted by atomic mass is 9.98. The van der Waals surface area contributed by atoms with E-state index in [0.29, 0.717) is 13.1 Å². The van der Waals surface area contributed by atoms with Gasteiger partial charge in [-0.2, -0.15) is 4.31 Å². The summed E-state index contributed by atoms with van der Waals surface area (Å²) < 4.78 is 26.5. The minimum absolute atomic E-state index is 0. The van der Waals surface area contributed by atoms with E-state index in [1.54, 1.807) is 24.3 Å². The zero-order valence-corrected chi connectivity index (χ0v) is 17.3. The molecule has 1 fully saturated rings. The molecule has 8 heteroatoms. The zero-order valence-electron chi connectivity index (χ0n) is 15.7. The minimum atomic E-state index is -3.45. The number of halogens is 1.